The molecular formula is C17H31NO2. The minimum atomic E-state index is 0.00115. The number of unbranched alkanes of at least 4 members (excludes halogenated alkanes) is 1. The van der Waals surface area contributed by atoms with Gasteiger partial charge in [0, 0.05) is 19.8 Å². The van der Waals surface area contributed by atoms with E-state index in [9.17, 15) is 0 Å². The molecule has 0 radical (unpaired) electrons. The van der Waals surface area contributed by atoms with E-state index in [1.807, 2.05) is 0 Å². The SMILES string of the molecule is COC(CCCC[C@H]1[C@@H]2CCC[C@]12N1CCCC1)OC. The zero-order chi connectivity index (χ0) is 14.0. The van der Waals surface area contributed by atoms with Crippen molar-refractivity contribution in [3.05, 3.63) is 0 Å². The average Bonchev–Trinajstić information content (AvgIpc) is 2.92. The summed E-state index contributed by atoms with van der Waals surface area (Å²) in [6, 6.07) is 0. The van der Waals surface area contributed by atoms with Crippen LogP contribution in [0.1, 0.15) is 57.8 Å². The summed E-state index contributed by atoms with van der Waals surface area (Å²) in [5, 5.41) is 0. The van der Waals surface area contributed by atoms with E-state index in [1.165, 1.54) is 64.5 Å². The molecule has 0 spiro atoms. The molecule has 20 heavy (non-hydrogen) atoms. The van der Waals surface area contributed by atoms with Crippen LogP contribution in [-0.2, 0) is 9.47 Å². The van der Waals surface area contributed by atoms with Gasteiger partial charge in [0.1, 0.15) is 0 Å². The van der Waals surface area contributed by atoms with Crippen molar-refractivity contribution in [1.82, 2.24) is 4.90 Å². The summed E-state index contributed by atoms with van der Waals surface area (Å²) in [6.07, 6.45) is 12.4. The molecule has 116 valence electrons. The maximum Gasteiger partial charge on any atom is 0.156 e. The molecule has 0 aromatic rings. The van der Waals surface area contributed by atoms with Crippen LogP contribution in [0.3, 0.4) is 0 Å². The Morgan fingerprint density at radius 2 is 1.85 bits per heavy atom. The molecule has 3 nitrogen and oxygen atoms in total. The summed E-state index contributed by atoms with van der Waals surface area (Å²) in [4.78, 5) is 2.86. The fraction of sp³-hybridized carbons (Fsp3) is 1.00. The quantitative estimate of drug-likeness (QED) is 0.502. The second kappa shape index (κ2) is 6.33. The Labute approximate surface area is 124 Å². The van der Waals surface area contributed by atoms with E-state index in [4.69, 9.17) is 9.47 Å². The highest BCUT2D eigenvalue weighted by molar-refractivity contribution is 5.21. The molecule has 0 N–H and O–H groups in total. The number of methoxy groups -OCH3 is 2. The lowest BCUT2D eigenvalue weighted by Crippen LogP contribution is -2.36. The van der Waals surface area contributed by atoms with E-state index >= 15 is 0 Å². The molecule has 3 aliphatic rings. The Bertz CT molecular complexity index is 312. The Morgan fingerprint density at radius 1 is 1.10 bits per heavy atom. The van der Waals surface area contributed by atoms with Gasteiger partial charge in [-0.05, 0) is 69.9 Å². The first-order valence-electron chi connectivity index (χ1n) is 8.63. The molecular weight excluding hydrogens is 250 g/mol. The van der Waals surface area contributed by atoms with E-state index in [1.54, 1.807) is 14.2 Å². The Kier molecular flexibility index (Phi) is 4.68. The lowest BCUT2D eigenvalue weighted by molar-refractivity contribution is -0.107. The summed E-state index contributed by atoms with van der Waals surface area (Å²) < 4.78 is 10.5. The maximum atomic E-state index is 5.27. The van der Waals surface area contributed by atoms with Crippen molar-refractivity contribution >= 4 is 0 Å². The van der Waals surface area contributed by atoms with Gasteiger partial charge in [0.05, 0.1) is 0 Å². The third-order valence-corrected chi connectivity index (χ3v) is 6.18. The van der Waals surface area contributed by atoms with Crippen LogP contribution in [0, 0.1) is 11.8 Å². The second-order valence-corrected chi connectivity index (χ2v) is 6.98. The molecule has 3 heteroatoms. The fourth-order valence-electron chi connectivity index (χ4n) is 5.23. The zero-order valence-electron chi connectivity index (χ0n) is 13.3. The summed E-state index contributed by atoms with van der Waals surface area (Å²) in [5.41, 5.74) is 0.665. The maximum absolute atomic E-state index is 5.27. The second-order valence-electron chi connectivity index (χ2n) is 6.98. The summed E-state index contributed by atoms with van der Waals surface area (Å²) in [5.74, 6) is 2.05. The molecule has 2 aliphatic carbocycles. The first-order valence-corrected chi connectivity index (χ1v) is 8.63. The van der Waals surface area contributed by atoms with Crippen molar-refractivity contribution in [2.45, 2.75) is 69.6 Å². The van der Waals surface area contributed by atoms with Crippen molar-refractivity contribution < 1.29 is 9.47 Å². The summed E-state index contributed by atoms with van der Waals surface area (Å²) in [7, 11) is 3.48. The van der Waals surface area contributed by atoms with Crippen LogP contribution in [0.15, 0.2) is 0 Å². The van der Waals surface area contributed by atoms with E-state index < -0.39 is 0 Å². The van der Waals surface area contributed by atoms with Gasteiger partial charge in [-0.2, -0.15) is 0 Å². The normalized spacial score (nSPS) is 36.8. The molecule has 3 rings (SSSR count). The monoisotopic (exact) mass is 281 g/mol. The molecule has 1 aliphatic heterocycles. The minimum Gasteiger partial charge on any atom is -0.356 e. The van der Waals surface area contributed by atoms with Crippen molar-refractivity contribution in [3.63, 3.8) is 0 Å². The fourth-order valence-corrected chi connectivity index (χ4v) is 5.23. The molecule has 0 bridgehead atoms. The highest BCUT2D eigenvalue weighted by Gasteiger charge is 2.68. The van der Waals surface area contributed by atoms with Crippen molar-refractivity contribution in [2.75, 3.05) is 27.3 Å². The molecule has 3 atom stereocenters. The highest BCUT2D eigenvalue weighted by atomic mass is 16.7. The van der Waals surface area contributed by atoms with E-state index in [-0.39, 0.29) is 6.29 Å². The zero-order valence-corrected chi connectivity index (χ0v) is 13.3. The van der Waals surface area contributed by atoms with E-state index in [0.717, 1.165) is 18.3 Å². The number of fused-ring (bicyclic) bond motifs is 1. The average molecular weight is 281 g/mol. The number of hydrogen-bond donors (Lipinski definition) is 0. The first kappa shape index (κ1) is 14.8. The van der Waals surface area contributed by atoms with Crippen LogP contribution < -0.4 is 0 Å². The van der Waals surface area contributed by atoms with Crippen molar-refractivity contribution in [1.29, 1.82) is 0 Å². The summed E-state index contributed by atoms with van der Waals surface area (Å²) >= 11 is 0. The number of ether oxygens (including phenoxy) is 2. The number of likely N-dealkylation sites (tertiary alicyclic amines) is 1. The van der Waals surface area contributed by atoms with Crippen LogP contribution in [0.4, 0.5) is 0 Å². The van der Waals surface area contributed by atoms with E-state index in [0.29, 0.717) is 5.54 Å². The van der Waals surface area contributed by atoms with Crippen LogP contribution >= 0.6 is 0 Å². The number of nitrogens with zero attached hydrogens (tertiary/aromatic N) is 1. The molecule has 2 saturated carbocycles. The van der Waals surface area contributed by atoms with E-state index in [2.05, 4.69) is 4.90 Å². The van der Waals surface area contributed by atoms with Gasteiger partial charge in [0.25, 0.3) is 0 Å². The van der Waals surface area contributed by atoms with Gasteiger partial charge in [0.15, 0.2) is 6.29 Å². The Morgan fingerprint density at radius 3 is 2.55 bits per heavy atom. The van der Waals surface area contributed by atoms with Gasteiger partial charge in [0.2, 0.25) is 0 Å². The number of rotatable bonds is 8. The topological polar surface area (TPSA) is 21.7 Å². The molecule has 3 fully saturated rings. The van der Waals surface area contributed by atoms with Gasteiger partial charge in [-0.25, -0.2) is 0 Å². The van der Waals surface area contributed by atoms with Crippen molar-refractivity contribution in [3.8, 4) is 0 Å². The molecule has 1 saturated heterocycles. The third kappa shape index (κ3) is 2.53. The molecule has 0 aromatic carbocycles. The van der Waals surface area contributed by atoms with Crippen LogP contribution in [0.5, 0.6) is 0 Å². The van der Waals surface area contributed by atoms with Gasteiger partial charge >= 0.3 is 0 Å². The van der Waals surface area contributed by atoms with Gasteiger partial charge < -0.3 is 9.47 Å². The lowest BCUT2D eigenvalue weighted by Gasteiger charge is -2.27. The standard InChI is InChI=1S/C17H31NO2/c1-19-16(20-2)10-4-3-8-14-15-9-7-11-17(14,15)18-12-5-6-13-18/h14-16H,3-13H2,1-2H3/t14-,15-,17-/m0/s1. The molecule has 0 unspecified atom stereocenters. The van der Waals surface area contributed by atoms with Gasteiger partial charge in [-0.15, -0.1) is 0 Å². The smallest absolute Gasteiger partial charge is 0.156 e. The predicted octanol–water partition coefficient (Wildman–Crippen LogP) is 3.43. The third-order valence-electron chi connectivity index (χ3n) is 6.18. The minimum absolute atomic E-state index is 0.00115. The largest absolute Gasteiger partial charge is 0.356 e. The molecule has 1 heterocycles. The highest BCUT2D eigenvalue weighted by Crippen LogP contribution is 2.66. The summed E-state index contributed by atoms with van der Waals surface area (Å²) in [6.45, 7) is 2.75. The molecule has 0 aromatic heterocycles. The Balaban J connectivity index is 1.43. The predicted molar refractivity (Wildman–Crippen MR) is 80.6 cm³/mol. The lowest BCUT2D eigenvalue weighted by atomic mass is 10.0. The Hall–Kier alpha value is -0.120. The van der Waals surface area contributed by atoms with Gasteiger partial charge in [-0.1, -0.05) is 12.8 Å². The van der Waals surface area contributed by atoms with Crippen LogP contribution in [0.25, 0.3) is 0 Å². The number of hydrogen-bond acceptors (Lipinski definition) is 3. The first-order chi connectivity index (χ1) is 9.82. The van der Waals surface area contributed by atoms with Crippen molar-refractivity contribution in [2.24, 2.45) is 11.8 Å². The molecule has 0 amide bonds. The van der Waals surface area contributed by atoms with Gasteiger partial charge in [-0.3, -0.25) is 4.90 Å². The van der Waals surface area contributed by atoms with Crippen LogP contribution in [-0.4, -0.2) is 44.0 Å². The van der Waals surface area contributed by atoms with Crippen LogP contribution in [0.2, 0.25) is 0 Å².